The number of nitrogens with one attached hydrogen (secondary N) is 1. The second-order valence-corrected chi connectivity index (χ2v) is 5.19. The standard InChI is InChI=1S/C11H22N2O2/c1-10(2,7-12)9(15)13-11(8-14)5-3-4-6-11/h14H,3-8,12H2,1-2H3,(H,13,15). The first-order chi connectivity index (χ1) is 6.96. The van der Waals surface area contributed by atoms with Crippen molar-refractivity contribution in [3.63, 3.8) is 0 Å². The van der Waals surface area contributed by atoms with Gasteiger partial charge in [-0.25, -0.2) is 0 Å². The molecule has 0 spiro atoms. The fraction of sp³-hybridized carbons (Fsp3) is 0.909. The van der Waals surface area contributed by atoms with Gasteiger partial charge < -0.3 is 16.2 Å². The lowest BCUT2D eigenvalue weighted by molar-refractivity contribution is -0.131. The molecule has 4 N–H and O–H groups in total. The number of amides is 1. The molecular formula is C11H22N2O2. The molecule has 1 saturated carbocycles. The van der Waals surface area contributed by atoms with Gasteiger partial charge in [0.15, 0.2) is 0 Å². The molecule has 0 saturated heterocycles. The summed E-state index contributed by atoms with van der Waals surface area (Å²) in [4.78, 5) is 11.9. The quantitative estimate of drug-likeness (QED) is 0.634. The highest BCUT2D eigenvalue weighted by atomic mass is 16.3. The summed E-state index contributed by atoms with van der Waals surface area (Å²) in [5.74, 6) is -0.0547. The average Bonchev–Trinajstić information content (AvgIpc) is 2.67. The minimum absolute atomic E-state index is 0.0272. The maximum absolute atomic E-state index is 11.9. The van der Waals surface area contributed by atoms with Crippen molar-refractivity contribution >= 4 is 5.91 Å². The summed E-state index contributed by atoms with van der Waals surface area (Å²) in [6, 6.07) is 0. The molecule has 0 radical (unpaired) electrons. The minimum atomic E-state index is -0.551. The Morgan fingerprint density at radius 3 is 2.40 bits per heavy atom. The number of rotatable bonds is 4. The Balaban J connectivity index is 2.63. The first-order valence-corrected chi connectivity index (χ1v) is 5.59. The molecular weight excluding hydrogens is 192 g/mol. The molecule has 1 aliphatic carbocycles. The Labute approximate surface area is 91.2 Å². The molecule has 4 heteroatoms. The van der Waals surface area contributed by atoms with Gasteiger partial charge in [-0.3, -0.25) is 4.79 Å². The van der Waals surface area contributed by atoms with E-state index in [0.29, 0.717) is 6.54 Å². The van der Waals surface area contributed by atoms with Gasteiger partial charge in [-0.2, -0.15) is 0 Å². The van der Waals surface area contributed by atoms with Crippen LogP contribution in [0.3, 0.4) is 0 Å². The smallest absolute Gasteiger partial charge is 0.227 e. The number of hydrogen-bond donors (Lipinski definition) is 3. The van der Waals surface area contributed by atoms with Crippen LogP contribution in [0.4, 0.5) is 0 Å². The molecule has 0 aromatic heterocycles. The van der Waals surface area contributed by atoms with E-state index in [2.05, 4.69) is 5.32 Å². The summed E-state index contributed by atoms with van der Waals surface area (Å²) in [5, 5.41) is 12.3. The third-order valence-electron chi connectivity index (χ3n) is 3.37. The second-order valence-electron chi connectivity index (χ2n) is 5.19. The lowest BCUT2D eigenvalue weighted by Crippen LogP contribution is -2.54. The van der Waals surface area contributed by atoms with Crippen molar-refractivity contribution < 1.29 is 9.90 Å². The summed E-state index contributed by atoms with van der Waals surface area (Å²) in [7, 11) is 0. The van der Waals surface area contributed by atoms with Crippen molar-refractivity contribution in [1.82, 2.24) is 5.32 Å². The number of carbonyl (C=O) groups excluding carboxylic acids is 1. The normalized spacial score (nSPS) is 20.3. The van der Waals surface area contributed by atoms with Gasteiger partial charge in [-0.05, 0) is 26.7 Å². The summed E-state index contributed by atoms with van der Waals surface area (Å²) in [6.45, 7) is 3.99. The third kappa shape index (κ3) is 2.69. The van der Waals surface area contributed by atoms with Crippen LogP contribution in [0.15, 0.2) is 0 Å². The predicted octanol–water partition coefficient (Wildman–Crippen LogP) is 0.393. The summed E-state index contributed by atoms with van der Waals surface area (Å²) < 4.78 is 0. The van der Waals surface area contributed by atoms with E-state index in [0.717, 1.165) is 25.7 Å². The molecule has 1 rings (SSSR count). The highest BCUT2D eigenvalue weighted by Crippen LogP contribution is 2.30. The van der Waals surface area contributed by atoms with Crippen molar-refractivity contribution in [1.29, 1.82) is 0 Å². The molecule has 4 nitrogen and oxygen atoms in total. The maximum atomic E-state index is 11.9. The second kappa shape index (κ2) is 4.49. The zero-order chi connectivity index (χ0) is 11.5. The van der Waals surface area contributed by atoms with E-state index in [-0.39, 0.29) is 18.1 Å². The highest BCUT2D eigenvalue weighted by Gasteiger charge is 2.38. The molecule has 15 heavy (non-hydrogen) atoms. The van der Waals surface area contributed by atoms with E-state index in [9.17, 15) is 9.90 Å². The Morgan fingerprint density at radius 2 is 2.00 bits per heavy atom. The van der Waals surface area contributed by atoms with E-state index in [1.807, 2.05) is 13.8 Å². The molecule has 0 heterocycles. The molecule has 1 fully saturated rings. The van der Waals surface area contributed by atoms with Gasteiger partial charge in [0.05, 0.1) is 17.6 Å². The maximum Gasteiger partial charge on any atom is 0.227 e. The zero-order valence-electron chi connectivity index (χ0n) is 9.68. The zero-order valence-corrected chi connectivity index (χ0v) is 9.68. The van der Waals surface area contributed by atoms with E-state index < -0.39 is 5.41 Å². The SMILES string of the molecule is CC(C)(CN)C(=O)NC1(CO)CCCC1. The molecule has 88 valence electrons. The largest absolute Gasteiger partial charge is 0.394 e. The number of aliphatic hydroxyl groups is 1. The summed E-state index contributed by atoms with van der Waals surface area (Å²) in [6.07, 6.45) is 3.89. The molecule has 1 amide bonds. The number of nitrogens with two attached hydrogens (primary N) is 1. The van der Waals surface area contributed by atoms with Crippen molar-refractivity contribution in [2.24, 2.45) is 11.1 Å². The molecule has 0 unspecified atom stereocenters. The summed E-state index contributed by atoms with van der Waals surface area (Å²) in [5.41, 5.74) is 4.61. The van der Waals surface area contributed by atoms with E-state index in [4.69, 9.17) is 5.73 Å². The van der Waals surface area contributed by atoms with Gasteiger partial charge in [0, 0.05) is 6.54 Å². The van der Waals surface area contributed by atoms with Crippen LogP contribution >= 0.6 is 0 Å². The number of aliphatic hydroxyl groups excluding tert-OH is 1. The lowest BCUT2D eigenvalue weighted by atomic mass is 9.89. The molecule has 0 atom stereocenters. The fourth-order valence-electron chi connectivity index (χ4n) is 1.88. The predicted molar refractivity (Wildman–Crippen MR) is 59.3 cm³/mol. The van der Waals surface area contributed by atoms with Gasteiger partial charge in [0.1, 0.15) is 0 Å². The Kier molecular flexibility index (Phi) is 3.73. The van der Waals surface area contributed by atoms with Crippen LogP contribution in [0.2, 0.25) is 0 Å². The molecule has 0 bridgehead atoms. The van der Waals surface area contributed by atoms with E-state index in [1.54, 1.807) is 0 Å². The molecule has 0 aliphatic heterocycles. The average molecular weight is 214 g/mol. The lowest BCUT2D eigenvalue weighted by Gasteiger charge is -2.32. The topological polar surface area (TPSA) is 75.4 Å². The molecule has 0 aromatic carbocycles. The van der Waals surface area contributed by atoms with Crippen LogP contribution in [0.1, 0.15) is 39.5 Å². The van der Waals surface area contributed by atoms with Crippen LogP contribution < -0.4 is 11.1 Å². The minimum Gasteiger partial charge on any atom is -0.394 e. The number of hydrogen-bond acceptors (Lipinski definition) is 3. The Morgan fingerprint density at radius 1 is 1.47 bits per heavy atom. The molecule has 1 aliphatic rings. The van der Waals surface area contributed by atoms with Crippen LogP contribution in [0, 0.1) is 5.41 Å². The van der Waals surface area contributed by atoms with Crippen molar-refractivity contribution in [3.8, 4) is 0 Å². The van der Waals surface area contributed by atoms with Crippen molar-refractivity contribution in [3.05, 3.63) is 0 Å². The van der Waals surface area contributed by atoms with Crippen LogP contribution in [0.25, 0.3) is 0 Å². The van der Waals surface area contributed by atoms with Gasteiger partial charge in [-0.1, -0.05) is 12.8 Å². The Bertz CT molecular complexity index is 233. The van der Waals surface area contributed by atoms with Crippen LogP contribution in [0.5, 0.6) is 0 Å². The van der Waals surface area contributed by atoms with Crippen LogP contribution in [-0.2, 0) is 4.79 Å². The Hall–Kier alpha value is -0.610. The van der Waals surface area contributed by atoms with Gasteiger partial charge in [0.25, 0.3) is 0 Å². The third-order valence-corrected chi connectivity index (χ3v) is 3.37. The van der Waals surface area contributed by atoms with Crippen LogP contribution in [-0.4, -0.2) is 29.7 Å². The van der Waals surface area contributed by atoms with Crippen molar-refractivity contribution in [2.45, 2.75) is 45.1 Å². The van der Waals surface area contributed by atoms with Gasteiger partial charge >= 0.3 is 0 Å². The van der Waals surface area contributed by atoms with E-state index in [1.165, 1.54) is 0 Å². The first kappa shape index (κ1) is 12.5. The van der Waals surface area contributed by atoms with Crippen molar-refractivity contribution in [2.75, 3.05) is 13.2 Å². The highest BCUT2D eigenvalue weighted by molar-refractivity contribution is 5.82. The van der Waals surface area contributed by atoms with Gasteiger partial charge in [-0.15, -0.1) is 0 Å². The van der Waals surface area contributed by atoms with E-state index >= 15 is 0 Å². The fourth-order valence-corrected chi connectivity index (χ4v) is 1.88. The number of carbonyl (C=O) groups is 1. The monoisotopic (exact) mass is 214 g/mol. The molecule has 0 aromatic rings. The summed E-state index contributed by atoms with van der Waals surface area (Å²) >= 11 is 0. The van der Waals surface area contributed by atoms with Gasteiger partial charge in [0.2, 0.25) is 5.91 Å². The first-order valence-electron chi connectivity index (χ1n) is 5.59.